The normalized spacial score (nSPS) is 24.5. The molecule has 0 radical (unpaired) electrons. The molecule has 2 atom stereocenters. The number of sulfonamides is 1. The Kier molecular flexibility index (Phi) is 4.07. The molecule has 1 aromatic rings. The molecule has 20 heavy (non-hydrogen) atoms. The van der Waals surface area contributed by atoms with Crippen LogP contribution < -0.4 is 5.32 Å². The number of nitro benzene ring substituents is 1. The van der Waals surface area contributed by atoms with Gasteiger partial charge in [-0.2, -0.15) is 4.31 Å². The molecule has 8 heteroatoms. The van der Waals surface area contributed by atoms with Crippen molar-refractivity contribution < 1.29 is 13.3 Å². The molecule has 1 aliphatic rings. The molecule has 2 rings (SSSR count). The Balaban J connectivity index is 2.34. The first kappa shape index (κ1) is 14.9. The number of benzene rings is 1. The summed E-state index contributed by atoms with van der Waals surface area (Å²) in [7, 11) is -3.70. The van der Waals surface area contributed by atoms with Gasteiger partial charge in [-0.1, -0.05) is 6.07 Å². The second kappa shape index (κ2) is 5.47. The molecule has 7 nitrogen and oxygen atoms in total. The number of nitro groups is 1. The highest BCUT2D eigenvalue weighted by atomic mass is 32.2. The second-order valence-electron chi connectivity index (χ2n) is 5.05. The van der Waals surface area contributed by atoms with Crippen molar-refractivity contribution in [2.75, 3.05) is 13.1 Å². The van der Waals surface area contributed by atoms with Crippen molar-refractivity contribution in [1.82, 2.24) is 9.62 Å². The molecule has 110 valence electrons. The zero-order chi connectivity index (χ0) is 14.9. The van der Waals surface area contributed by atoms with E-state index in [0.717, 1.165) is 6.07 Å². The smallest absolute Gasteiger partial charge is 0.270 e. The average molecular weight is 299 g/mol. The molecule has 0 spiro atoms. The first-order valence-corrected chi connectivity index (χ1v) is 7.75. The van der Waals surface area contributed by atoms with Crippen LogP contribution in [0.15, 0.2) is 29.2 Å². The van der Waals surface area contributed by atoms with Crippen LogP contribution in [-0.2, 0) is 10.0 Å². The van der Waals surface area contributed by atoms with E-state index in [1.165, 1.54) is 22.5 Å². The zero-order valence-corrected chi connectivity index (χ0v) is 12.1. The van der Waals surface area contributed by atoms with Gasteiger partial charge < -0.3 is 5.32 Å². The summed E-state index contributed by atoms with van der Waals surface area (Å²) in [5.41, 5.74) is -0.220. The van der Waals surface area contributed by atoms with Crippen molar-refractivity contribution >= 4 is 15.7 Å². The Bertz CT molecular complexity index is 607. The number of nitrogens with zero attached hydrogens (tertiary/aromatic N) is 2. The van der Waals surface area contributed by atoms with E-state index in [4.69, 9.17) is 0 Å². The third-order valence-electron chi connectivity index (χ3n) is 3.19. The molecule has 1 saturated heterocycles. The summed E-state index contributed by atoms with van der Waals surface area (Å²) >= 11 is 0. The maximum atomic E-state index is 12.5. The Morgan fingerprint density at radius 1 is 1.30 bits per heavy atom. The molecule has 0 aromatic heterocycles. The van der Waals surface area contributed by atoms with Crippen molar-refractivity contribution in [3.63, 3.8) is 0 Å². The molecule has 1 N–H and O–H groups in total. The minimum Gasteiger partial charge on any atom is -0.309 e. The molecule has 1 aliphatic heterocycles. The quantitative estimate of drug-likeness (QED) is 0.663. The maximum Gasteiger partial charge on any atom is 0.270 e. The third-order valence-corrected chi connectivity index (χ3v) is 5.02. The molecule has 2 unspecified atom stereocenters. The summed E-state index contributed by atoms with van der Waals surface area (Å²) in [4.78, 5) is 10.1. The summed E-state index contributed by atoms with van der Waals surface area (Å²) in [6.07, 6.45) is 0. The molecule has 1 heterocycles. The van der Waals surface area contributed by atoms with E-state index in [0.29, 0.717) is 13.1 Å². The number of rotatable bonds is 3. The third kappa shape index (κ3) is 2.97. The van der Waals surface area contributed by atoms with Gasteiger partial charge in [0.15, 0.2) is 0 Å². The standard InChI is InChI=1S/C12H17N3O4S/c1-9-7-14(8-10(2)13-9)20(18,19)12-5-3-4-11(6-12)15(16)17/h3-6,9-10,13H,7-8H2,1-2H3. The van der Waals surface area contributed by atoms with Crippen LogP contribution in [0.2, 0.25) is 0 Å². The zero-order valence-electron chi connectivity index (χ0n) is 11.3. The predicted molar refractivity (Wildman–Crippen MR) is 73.9 cm³/mol. The Morgan fingerprint density at radius 3 is 2.45 bits per heavy atom. The van der Waals surface area contributed by atoms with Crippen LogP contribution in [0, 0.1) is 10.1 Å². The molecular formula is C12H17N3O4S. The largest absolute Gasteiger partial charge is 0.309 e. The van der Waals surface area contributed by atoms with Crippen molar-refractivity contribution in [3.05, 3.63) is 34.4 Å². The topological polar surface area (TPSA) is 92.5 Å². The number of hydrogen-bond donors (Lipinski definition) is 1. The fraction of sp³-hybridized carbons (Fsp3) is 0.500. The molecule has 0 saturated carbocycles. The van der Waals surface area contributed by atoms with E-state index in [1.54, 1.807) is 0 Å². The van der Waals surface area contributed by atoms with Gasteiger partial charge in [-0.15, -0.1) is 0 Å². The van der Waals surface area contributed by atoms with E-state index in [-0.39, 0.29) is 22.7 Å². The lowest BCUT2D eigenvalue weighted by Gasteiger charge is -2.35. The monoisotopic (exact) mass is 299 g/mol. The maximum absolute atomic E-state index is 12.5. The number of non-ortho nitro benzene ring substituents is 1. The lowest BCUT2D eigenvalue weighted by atomic mass is 10.2. The number of nitrogens with one attached hydrogen (secondary N) is 1. The summed E-state index contributed by atoms with van der Waals surface area (Å²) < 4.78 is 26.4. The van der Waals surface area contributed by atoms with Crippen LogP contribution in [0.25, 0.3) is 0 Å². The molecular weight excluding hydrogens is 282 g/mol. The van der Waals surface area contributed by atoms with Gasteiger partial charge >= 0.3 is 0 Å². The second-order valence-corrected chi connectivity index (χ2v) is 6.98. The van der Waals surface area contributed by atoms with Gasteiger partial charge in [-0.3, -0.25) is 10.1 Å². The minimum absolute atomic E-state index is 0.0343. The van der Waals surface area contributed by atoms with Crippen LogP contribution in [0.1, 0.15) is 13.8 Å². The lowest BCUT2D eigenvalue weighted by molar-refractivity contribution is -0.385. The highest BCUT2D eigenvalue weighted by Crippen LogP contribution is 2.22. The Hall–Kier alpha value is -1.51. The SMILES string of the molecule is CC1CN(S(=O)(=O)c2cccc([N+](=O)[O-])c2)CC(C)N1. The van der Waals surface area contributed by atoms with Crippen LogP contribution in [0.4, 0.5) is 5.69 Å². The van der Waals surface area contributed by atoms with Gasteiger partial charge in [0.2, 0.25) is 10.0 Å². The van der Waals surface area contributed by atoms with Crippen LogP contribution in [0.5, 0.6) is 0 Å². The highest BCUT2D eigenvalue weighted by Gasteiger charge is 2.31. The molecule has 0 bridgehead atoms. The average Bonchev–Trinajstić information content (AvgIpc) is 2.37. The van der Waals surface area contributed by atoms with Gasteiger partial charge in [-0.25, -0.2) is 8.42 Å². The fourth-order valence-electron chi connectivity index (χ4n) is 2.38. The van der Waals surface area contributed by atoms with E-state index in [9.17, 15) is 18.5 Å². The van der Waals surface area contributed by atoms with E-state index < -0.39 is 14.9 Å². The van der Waals surface area contributed by atoms with Crippen LogP contribution in [0.3, 0.4) is 0 Å². The highest BCUT2D eigenvalue weighted by molar-refractivity contribution is 7.89. The van der Waals surface area contributed by atoms with Gasteiger partial charge in [-0.05, 0) is 19.9 Å². The Labute approximate surface area is 117 Å². The lowest BCUT2D eigenvalue weighted by Crippen LogP contribution is -2.55. The van der Waals surface area contributed by atoms with Gasteiger partial charge in [0, 0.05) is 37.3 Å². The first-order valence-electron chi connectivity index (χ1n) is 6.31. The predicted octanol–water partition coefficient (Wildman–Crippen LogP) is 0.966. The molecule has 1 aromatic carbocycles. The van der Waals surface area contributed by atoms with Crippen LogP contribution in [-0.4, -0.2) is 42.8 Å². The van der Waals surface area contributed by atoms with Crippen molar-refractivity contribution in [2.45, 2.75) is 30.8 Å². The van der Waals surface area contributed by atoms with Crippen molar-refractivity contribution in [1.29, 1.82) is 0 Å². The van der Waals surface area contributed by atoms with Crippen LogP contribution >= 0.6 is 0 Å². The molecule has 0 aliphatic carbocycles. The Morgan fingerprint density at radius 2 is 1.90 bits per heavy atom. The summed E-state index contributed by atoms with van der Waals surface area (Å²) in [5.74, 6) is 0. The first-order chi connectivity index (χ1) is 9.30. The summed E-state index contributed by atoms with van der Waals surface area (Å²) in [6, 6.07) is 5.26. The van der Waals surface area contributed by atoms with E-state index in [2.05, 4.69) is 5.32 Å². The minimum atomic E-state index is -3.70. The van der Waals surface area contributed by atoms with Crippen molar-refractivity contribution in [3.8, 4) is 0 Å². The van der Waals surface area contributed by atoms with Gasteiger partial charge in [0.05, 0.1) is 9.82 Å². The fourth-order valence-corrected chi connectivity index (χ4v) is 4.04. The summed E-state index contributed by atoms with van der Waals surface area (Å²) in [5, 5.41) is 14.0. The van der Waals surface area contributed by atoms with E-state index in [1.807, 2.05) is 13.8 Å². The van der Waals surface area contributed by atoms with Gasteiger partial charge in [0.1, 0.15) is 0 Å². The number of piperazine rings is 1. The van der Waals surface area contributed by atoms with Crippen molar-refractivity contribution in [2.24, 2.45) is 0 Å². The van der Waals surface area contributed by atoms with E-state index >= 15 is 0 Å². The summed E-state index contributed by atoms with van der Waals surface area (Å²) in [6.45, 7) is 4.53. The molecule has 1 fully saturated rings. The number of hydrogen-bond acceptors (Lipinski definition) is 5. The van der Waals surface area contributed by atoms with Gasteiger partial charge in [0.25, 0.3) is 5.69 Å². The molecule has 0 amide bonds.